The lowest BCUT2D eigenvalue weighted by molar-refractivity contribution is 0.191. The van der Waals surface area contributed by atoms with E-state index in [1.165, 1.54) is 6.07 Å². The predicted octanol–water partition coefficient (Wildman–Crippen LogP) is 3.35. The molecule has 0 unspecified atom stereocenters. The molecule has 1 aliphatic heterocycles. The van der Waals surface area contributed by atoms with Gasteiger partial charge < -0.3 is 19.9 Å². The molecule has 1 fully saturated rings. The van der Waals surface area contributed by atoms with E-state index in [1.54, 1.807) is 17.0 Å². The van der Waals surface area contributed by atoms with Crippen LogP contribution in [0.4, 0.5) is 14.9 Å². The molecule has 2 aromatic rings. The largest absolute Gasteiger partial charge is 0.492 e. The first-order valence-corrected chi connectivity index (χ1v) is 9.26. The van der Waals surface area contributed by atoms with E-state index >= 15 is 0 Å². The number of para-hydroxylation sites is 1. The summed E-state index contributed by atoms with van der Waals surface area (Å²) >= 11 is 0. The minimum absolute atomic E-state index is 0.104. The number of halogens is 1. The second-order valence-electron chi connectivity index (χ2n) is 6.83. The third-order valence-corrected chi connectivity index (χ3v) is 4.60. The number of anilines is 1. The lowest BCUT2D eigenvalue weighted by Gasteiger charge is -2.36. The van der Waals surface area contributed by atoms with Crippen molar-refractivity contribution in [3.05, 3.63) is 59.4 Å². The van der Waals surface area contributed by atoms with E-state index in [4.69, 9.17) is 4.74 Å². The normalized spacial score (nSPS) is 14.2. The van der Waals surface area contributed by atoms with E-state index in [-0.39, 0.29) is 11.8 Å². The number of hydrogen-bond acceptors (Lipinski definition) is 3. The van der Waals surface area contributed by atoms with Crippen molar-refractivity contribution >= 4 is 11.7 Å². The molecule has 144 valence electrons. The van der Waals surface area contributed by atoms with Crippen molar-refractivity contribution in [3.8, 4) is 5.75 Å². The monoisotopic (exact) mass is 371 g/mol. The molecule has 0 aliphatic carbocycles. The van der Waals surface area contributed by atoms with Crippen LogP contribution in [-0.2, 0) is 0 Å². The molecule has 1 heterocycles. The molecule has 6 heteroatoms. The van der Waals surface area contributed by atoms with Gasteiger partial charge in [0.25, 0.3) is 0 Å². The van der Waals surface area contributed by atoms with E-state index in [0.717, 1.165) is 16.9 Å². The van der Waals surface area contributed by atoms with E-state index < -0.39 is 0 Å². The molecule has 0 bridgehead atoms. The topological polar surface area (TPSA) is 44.8 Å². The molecule has 0 saturated carbocycles. The number of hydrogen-bond donors (Lipinski definition) is 1. The van der Waals surface area contributed by atoms with Crippen LogP contribution in [-0.4, -0.2) is 50.3 Å². The quantitative estimate of drug-likeness (QED) is 0.820. The van der Waals surface area contributed by atoms with Gasteiger partial charge >= 0.3 is 6.03 Å². The molecule has 3 rings (SSSR count). The highest BCUT2D eigenvalue weighted by atomic mass is 19.1. The Morgan fingerprint density at radius 1 is 1.07 bits per heavy atom. The van der Waals surface area contributed by atoms with Gasteiger partial charge in [-0.2, -0.15) is 0 Å². The molecular formula is C21H26FN3O2. The van der Waals surface area contributed by atoms with Crippen LogP contribution in [0.2, 0.25) is 0 Å². The number of benzene rings is 2. The Hall–Kier alpha value is -2.76. The summed E-state index contributed by atoms with van der Waals surface area (Å²) in [6.07, 6.45) is 0. The van der Waals surface area contributed by atoms with Gasteiger partial charge in [0, 0.05) is 26.2 Å². The standard InChI is InChI=1S/C21H26FN3O2/c1-16-13-17(2)15-18(14-16)27-12-7-23-21(26)25-10-8-24(9-11-25)20-6-4-3-5-19(20)22/h3-6,13-15H,7-12H2,1-2H3,(H,23,26). The van der Waals surface area contributed by atoms with Crippen molar-refractivity contribution in [1.29, 1.82) is 0 Å². The highest BCUT2D eigenvalue weighted by Crippen LogP contribution is 2.20. The molecule has 2 amide bonds. The van der Waals surface area contributed by atoms with E-state index in [1.807, 2.05) is 36.9 Å². The van der Waals surface area contributed by atoms with Crippen molar-refractivity contribution in [2.45, 2.75) is 13.8 Å². The molecular weight excluding hydrogens is 345 g/mol. The highest BCUT2D eigenvalue weighted by Gasteiger charge is 2.22. The maximum Gasteiger partial charge on any atom is 0.317 e. The number of carbonyl (C=O) groups is 1. The first-order chi connectivity index (χ1) is 13.0. The molecule has 1 aliphatic rings. The van der Waals surface area contributed by atoms with Gasteiger partial charge in [0.1, 0.15) is 18.2 Å². The summed E-state index contributed by atoms with van der Waals surface area (Å²) in [4.78, 5) is 16.0. The fourth-order valence-corrected chi connectivity index (χ4v) is 3.31. The minimum atomic E-state index is -0.223. The average Bonchev–Trinajstić information content (AvgIpc) is 2.65. The van der Waals surface area contributed by atoms with E-state index in [2.05, 4.69) is 11.4 Å². The number of nitrogens with one attached hydrogen (secondary N) is 1. The fourth-order valence-electron chi connectivity index (χ4n) is 3.31. The van der Waals surface area contributed by atoms with Crippen molar-refractivity contribution in [2.75, 3.05) is 44.2 Å². The van der Waals surface area contributed by atoms with Gasteiger partial charge in [0.05, 0.1) is 12.2 Å². The van der Waals surface area contributed by atoms with Gasteiger partial charge in [-0.1, -0.05) is 18.2 Å². The van der Waals surface area contributed by atoms with Crippen LogP contribution in [0.15, 0.2) is 42.5 Å². The summed E-state index contributed by atoms with van der Waals surface area (Å²) in [5.74, 6) is 0.596. The number of piperazine rings is 1. The van der Waals surface area contributed by atoms with Crippen molar-refractivity contribution in [2.24, 2.45) is 0 Å². The predicted molar refractivity (Wildman–Crippen MR) is 105 cm³/mol. The van der Waals surface area contributed by atoms with E-state index in [9.17, 15) is 9.18 Å². The molecule has 5 nitrogen and oxygen atoms in total. The second-order valence-corrected chi connectivity index (χ2v) is 6.83. The molecule has 27 heavy (non-hydrogen) atoms. The Bertz CT molecular complexity index is 768. The summed E-state index contributed by atoms with van der Waals surface area (Å²) in [6.45, 7) is 7.30. The van der Waals surface area contributed by atoms with Crippen LogP contribution in [0.5, 0.6) is 5.75 Å². The molecule has 0 aromatic heterocycles. The molecule has 1 saturated heterocycles. The SMILES string of the molecule is Cc1cc(C)cc(OCCNC(=O)N2CCN(c3ccccc3F)CC2)c1. The van der Waals surface area contributed by atoms with Gasteiger partial charge in [-0.05, 0) is 49.2 Å². The molecule has 0 atom stereocenters. The average molecular weight is 371 g/mol. The maximum atomic E-state index is 13.9. The number of carbonyl (C=O) groups excluding carboxylic acids is 1. The number of nitrogens with zero attached hydrogens (tertiary/aromatic N) is 2. The molecule has 1 N–H and O–H groups in total. The Morgan fingerprint density at radius 2 is 1.74 bits per heavy atom. The van der Waals surface area contributed by atoms with E-state index in [0.29, 0.717) is 45.0 Å². The maximum absolute atomic E-state index is 13.9. The zero-order chi connectivity index (χ0) is 19.2. The third-order valence-electron chi connectivity index (χ3n) is 4.60. The summed E-state index contributed by atoms with van der Waals surface area (Å²) in [6, 6.07) is 12.7. The van der Waals surface area contributed by atoms with Crippen molar-refractivity contribution in [3.63, 3.8) is 0 Å². The lowest BCUT2D eigenvalue weighted by Crippen LogP contribution is -2.52. The first-order valence-electron chi connectivity index (χ1n) is 9.26. The molecule has 2 aromatic carbocycles. The van der Waals surface area contributed by atoms with Crippen LogP contribution in [0, 0.1) is 19.7 Å². The van der Waals surface area contributed by atoms with Gasteiger partial charge in [0.2, 0.25) is 0 Å². The molecule has 0 spiro atoms. The fraction of sp³-hybridized carbons (Fsp3) is 0.381. The summed E-state index contributed by atoms with van der Waals surface area (Å²) < 4.78 is 19.6. The summed E-state index contributed by atoms with van der Waals surface area (Å²) in [7, 11) is 0. The third kappa shape index (κ3) is 5.12. The second kappa shape index (κ2) is 8.75. The minimum Gasteiger partial charge on any atom is -0.492 e. The zero-order valence-corrected chi connectivity index (χ0v) is 15.9. The number of amides is 2. The smallest absolute Gasteiger partial charge is 0.317 e. The Balaban J connectivity index is 1.40. The van der Waals surface area contributed by atoms with Crippen LogP contribution < -0.4 is 15.0 Å². The number of aryl methyl sites for hydroxylation is 2. The number of rotatable bonds is 5. The first kappa shape index (κ1) is 19.0. The van der Waals surface area contributed by atoms with Gasteiger partial charge in [-0.15, -0.1) is 0 Å². The van der Waals surface area contributed by atoms with Crippen molar-refractivity contribution in [1.82, 2.24) is 10.2 Å². The summed E-state index contributed by atoms with van der Waals surface area (Å²) in [5.41, 5.74) is 2.91. The van der Waals surface area contributed by atoms with Gasteiger partial charge in [0.15, 0.2) is 0 Å². The van der Waals surface area contributed by atoms with Gasteiger partial charge in [-0.3, -0.25) is 0 Å². The van der Waals surface area contributed by atoms with Gasteiger partial charge in [-0.25, -0.2) is 9.18 Å². The summed E-state index contributed by atoms with van der Waals surface area (Å²) in [5, 5.41) is 2.89. The Labute approximate surface area is 159 Å². The lowest BCUT2D eigenvalue weighted by atomic mass is 10.1. The Morgan fingerprint density at radius 3 is 2.41 bits per heavy atom. The van der Waals surface area contributed by atoms with Crippen LogP contribution in [0.1, 0.15) is 11.1 Å². The molecule has 0 radical (unpaired) electrons. The van der Waals surface area contributed by atoms with Crippen LogP contribution >= 0.6 is 0 Å². The van der Waals surface area contributed by atoms with Crippen molar-refractivity contribution < 1.29 is 13.9 Å². The highest BCUT2D eigenvalue weighted by molar-refractivity contribution is 5.74. The zero-order valence-electron chi connectivity index (χ0n) is 15.9. The number of urea groups is 1. The van der Waals surface area contributed by atoms with Crippen LogP contribution in [0.3, 0.4) is 0 Å². The number of ether oxygens (including phenoxy) is 1. The Kier molecular flexibility index (Phi) is 6.16. The van der Waals surface area contributed by atoms with Crippen LogP contribution in [0.25, 0.3) is 0 Å².